The van der Waals surface area contributed by atoms with Crippen LogP contribution in [0.3, 0.4) is 0 Å². The van der Waals surface area contributed by atoms with Crippen LogP contribution in [0.5, 0.6) is 11.5 Å². The minimum absolute atomic E-state index is 0.0817. The lowest BCUT2D eigenvalue weighted by Crippen LogP contribution is -2.32. The molecule has 1 atom stereocenters. The first-order valence-corrected chi connectivity index (χ1v) is 6.08. The molecule has 0 saturated heterocycles. The van der Waals surface area contributed by atoms with Gasteiger partial charge in [0.1, 0.15) is 6.34 Å². The summed E-state index contributed by atoms with van der Waals surface area (Å²) in [4.78, 5) is 0. The van der Waals surface area contributed by atoms with Gasteiger partial charge in [-0.1, -0.05) is 6.07 Å². The lowest BCUT2D eigenvalue weighted by atomic mass is 10.0. The number of fused-ring (bicyclic) bond motifs is 1. The van der Waals surface area contributed by atoms with E-state index >= 15 is 0 Å². The number of rotatable bonds is 6. The van der Waals surface area contributed by atoms with Gasteiger partial charge in [-0.2, -0.15) is 5.10 Å². The average Bonchev–Trinajstić information content (AvgIpc) is 2.87. The normalized spacial score (nSPS) is 14.8. The summed E-state index contributed by atoms with van der Waals surface area (Å²) in [5.74, 6) is 7.39. The van der Waals surface area contributed by atoms with Crippen LogP contribution in [0.15, 0.2) is 23.3 Å². The Morgan fingerprint density at radius 1 is 1.47 bits per heavy atom. The first-order chi connectivity index (χ1) is 9.26. The van der Waals surface area contributed by atoms with E-state index in [1.807, 2.05) is 25.2 Å². The molecule has 1 aromatic carbocycles. The Morgan fingerprint density at radius 3 is 3.00 bits per heavy atom. The third-order valence-corrected chi connectivity index (χ3v) is 2.97. The number of ether oxygens (including phenoxy) is 2. The Labute approximate surface area is 112 Å². The summed E-state index contributed by atoms with van der Waals surface area (Å²) < 4.78 is 10.7. The van der Waals surface area contributed by atoms with Crippen molar-refractivity contribution < 1.29 is 9.47 Å². The van der Waals surface area contributed by atoms with Crippen molar-refractivity contribution in [2.75, 3.05) is 20.4 Å². The summed E-state index contributed by atoms with van der Waals surface area (Å²) in [6.07, 6.45) is 1.98. The molecule has 0 aromatic heterocycles. The van der Waals surface area contributed by atoms with Crippen LogP contribution in [0.4, 0.5) is 0 Å². The van der Waals surface area contributed by atoms with Crippen LogP contribution in [-0.2, 0) is 0 Å². The van der Waals surface area contributed by atoms with Crippen LogP contribution in [0.2, 0.25) is 0 Å². The highest BCUT2D eigenvalue weighted by atomic mass is 16.7. The molecule has 1 unspecified atom stereocenters. The molecule has 0 saturated carbocycles. The summed E-state index contributed by atoms with van der Waals surface area (Å²) in [7, 11) is 1.89. The van der Waals surface area contributed by atoms with Crippen molar-refractivity contribution in [1.82, 2.24) is 10.4 Å². The maximum Gasteiger partial charge on any atom is 0.231 e. The van der Waals surface area contributed by atoms with E-state index in [9.17, 15) is 0 Å². The number of benzene rings is 1. The van der Waals surface area contributed by atoms with Gasteiger partial charge in [-0.15, -0.1) is 0 Å². The van der Waals surface area contributed by atoms with Gasteiger partial charge < -0.3 is 20.5 Å². The van der Waals surface area contributed by atoms with E-state index in [1.54, 1.807) is 0 Å². The molecule has 104 valence electrons. The van der Waals surface area contributed by atoms with Gasteiger partial charge in [0.2, 0.25) is 6.79 Å². The van der Waals surface area contributed by atoms with Crippen LogP contribution in [0.25, 0.3) is 0 Å². The monoisotopic (exact) mass is 265 g/mol. The SMILES string of the molecule is CNCCC(c1ccc2c(c1)OCO2)N(N)/N=C\N. The molecule has 0 radical (unpaired) electrons. The molecule has 0 spiro atoms. The summed E-state index contributed by atoms with van der Waals surface area (Å²) in [6, 6.07) is 5.68. The fraction of sp³-hybridized carbons (Fsp3) is 0.417. The topological polar surface area (TPSA) is 98.1 Å². The van der Waals surface area contributed by atoms with Crippen molar-refractivity contribution in [1.29, 1.82) is 0 Å². The van der Waals surface area contributed by atoms with E-state index in [0.717, 1.165) is 30.0 Å². The van der Waals surface area contributed by atoms with Gasteiger partial charge in [0.05, 0.1) is 6.04 Å². The molecule has 2 rings (SSSR count). The molecule has 0 bridgehead atoms. The highest BCUT2D eigenvalue weighted by Gasteiger charge is 2.20. The standard InChI is InChI=1S/C12H19N5O2/c1-15-5-4-10(17(14)16-7-13)9-2-3-11-12(6-9)19-8-18-11/h2-3,6-7,10,15H,4-5,8,14H2,1H3,(H2,13,16). The number of hydrogen-bond acceptors (Lipinski definition) is 6. The smallest absolute Gasteiger partial charge is 0.231 e. The Morgan fingerprint density at radius 2 is 2.26 bits per heavy atom. The molecule has 7 nitrogen and oxygen atoms in total. The van der Waals surface area contributed by atoms with Crippen LogP contribution in [-0.4, -0.2) is 31.8 Å². The zero-order chi connectivity index (χ0) is 13.7. The van der Waals surface area contributed by atoms with Gasteiger partial charge in [0.25, 0.3) is 0 Å². The largest absolute Gasteiger partial charge is 0.454 e. The summed E-state index contributed by atoms with van der Waals surface area (Å²) in [6.45, 7) is 1.07. The molecule has 1 heterocycles. The molecular formula is C12H19N5O2. The van der Waals surface area contributed by atoms with Gasteiger partial charge in [-0.25, -0.2) is 11.0 Å². The van der Waals surface area contributed by atoms with Gasteiger partial charge >= 0.3 is 0 Å². The molecule has 0 amide bonds. The summed E-state index contributed by atoms with van der Waals surface area (Å²) >= 11 is 0. The average molecular weight is 265 g/mol. The van der Waals surface area contributed by atoms with Crippen LogP contribution in [0, 0.1) is 0 Å². The maximum absolute atomic E-state index is 5.90. The van der Waals surface area contributed by atoms with Crippen molar-refractivity contribution in [3.8, 4) is 11.5 Å². The molecular weight excluding hydrogens is 246 g/mol. The van der Waals surface area contributed by atoms with Gasteiger partial charge in [0.15, 0.2) is 11.5 Å². The number of hydrazine groups is 1. The molecule has 5 N–H and O–H groups in total. The van der Waals surface area contributed by atoms with Crippen LogP contribution < -0.4 is 26.4 Å². The highest BCUT2D eigenvalue weighted by molar-refractivity contribution is 5.50. The van der Waals surface area contributed by atoms with Crippen molar-refractivity contribution in [3.63, 3.8) is 0 Å². The number of nitrogens with zero attached hydrogens (tertiary/aromatic N) is 2. The minimum atomic E-state index is -0.0817. The zero-order valence-electron chi connectivity index (χ0n) is 10.9. The molecule has 19 heavy (non-hydrogen) atoms. The Kier molecular flexibility index (Phi) is 4.43. The second-order valence-electron chi connectivity index (χ2n) is 4.17. The predicted octanol–water partition coefficient (Wildman–Crippen LogP) is 0.144. The molecule has 0 fully saturated rings. The Balaban J connectivity index is 2.21. The fourth-order valence-electron chi connectivity index (χ4n) is 2.01. The maximum atomic E-state index is 5.90. The molecule has 0 aliphatic carbocycles. The van der Waals surface area contributed by atoms with E-state index in [4.69, 9.17) is 21.1 Å². The first-order valence-electron chi connectivity index (χ1n) is 6.08. The van der Waals surface area contributed by atoms with Gasteiger partial charge in [-0.05, 0) is 37.7 Å². The number of nitrogens with two attached hydrogens (primary N) is 2. The van der Waals surface area contributed by atoms with Crippen molar-refractivity contribution in [2.24, 2.45) is 16.7 Å². The second kappa shape index (κ2) is 6.26. The van der Waals surface area contributed by atoms with E-state index in [0.29, 0.717) is 0 Å². The second-order valence-corrected chi connectivity index (χ2v) is 4.17. The quantitative estimate of drug-likeness (QED) is 0.293. The Hall–Kier alpha value is -1.99. The predicted molar refractivity (Wildman–Crippen MR) is 72.6 cm³/mol. The molecule has 7 heteroatoms. The van der Waals surface area contributed by atoms with Gasteiger partial charge in [0, 0.05) is 0 Å². The fourth-order valence-corrected chi connectivity index (χ4v) is 2.01. The first kappa shape index (κ1) is 13.4. The molecule has 1 aliphatic heterocycles. The van der Waals surface area contributed by atoms with E-state index in [2.05, 4.69) is 10.4 Å². The number of hydrogen-bond donors (Lipinski definition) is 3. The van der Waals surface area contributed by atoms with Crippen LogP contribution in [0.1, 0.15) is 18.0 Å². The molecule has 1 aliphatic rings. The number of nitrogens with one attached hydrogen (secondary N) is 1. The highest BCUT2D eigenvalue weighted by Crippen LogP contribution is 2.35. The van der Waals surface area contributed by atoms with Crippen molar-refractivity contribution in [2.45, 2.75) is 12.5 Å². The Bertz CT molecular complexity index is 452. The van der Waals surface area contributed by atoms with Crippen molar-refractivity contribution in [3.05, 3.63) is 23.8 Å². The minimum Gasteiger partial charge on any atom is -0.454 e. The third-order valence-electron chi connectivity index (χ3n) is 2.97. The van der Waals surface area contributed by atoms with E-state index in [1.165, 1.54) is 11.5 Å². The van der Waals surface area contributed by atoms with Gasteiger partial charge in [-0.3, -0.25) is 0 Å². The summed E-state index contributed by atoms with van der Waals surface area (Å²) in [5.41, 5.74) is 6.30. The summed E-state index contributed by atoms with van der Waals surface area (Å²) in [5, 5.41) is 8.36. The third kappa shape index (κ3) is 3.07. The number of hydrazone groups is 1. The van der Waals surface area contributed by atoms with Crippen LogP contribution >= 0.6 is 0 Å². The lowest BCUT2D eigenvalue weighted by molar-refractivity contribution is 0.173. The molecule has 1 aromatic rings. The lowest BCUT2D eigenvalue weighted by Gasteiger charge is -2.25. The van der Waals surface area contributed by atoms with E-state index in [-0.39, 0.29) is 12.8 Å². The zero-order valence-corrected chi connectivity index (χ0v) is 10.9. The van der Waals surface area contributed by atoms with Crippen molar-refractivity contribution >= 4 is 6.34 Å². The van der Waals surface area contributed by atoms with E-state index < -0.39 is 0 Å².